The van der Waals surface area contributed by atoms with Crippen LogP contribution in [-0.2, 0) is 14.4 Å². The molecule has 2 rings (SSSR count). The second kappa shape index (κ2) is 8.88. The minimum absolute atomic E-state index is 0.00457. The van der Waals surface area contributed by atoms with Gasteiger partial charge in [0.25, 0.3) is 0 Å². The zero-order valence-corrected chi connectivity index (χ0v) is 16.5. The van der Waals surface area contributed by atoms with Crippen LogP contribution in [0.4, 0.5) is 5.69 Å². The highest BCUT2D eigenvalue weighted by Gasteiger charge is 2.35. The summed E-state index contributed by atoms with van der Waals surface area (Å²) >= 11 is 0. The Morgan fingerprint density at radius 1 is 1.11 bits per heavy atom. The second-order valence-electron chi connectivity index (χ2n) is 8.04. The van der Waals surface area contributed by atoms with Crippen molar-refractivity contribution >= 4 is 23.4 Å². The normalized spacial score (nSPS) is 13.6. The standard InChI is InChI=1S/C20H29N3O4/c1-20(2,3)11-19(26)23(15-7-8-15)13-18(25)21-12-17(24)22-14-5-9-16(27-4)10-6-14/h5-6,9-10,15H,7-8,11-13H2,1-4H3,(H,21,25)(H,22,24). The van der Waals surface area contributed by atoms with E-state index >= 15 is 0 Å². The monoisotopic (exact) mass is 375 g/mol. The van der Waals surface area contributed by atoms with Crippen molar-refractivity contribution in [2.45, 2.75) is 46.1 Å². The van der Waals surface area contributed by atoms with E-state index in [4.69, 9.17) is 4.74 Å². The van der Waals surface area contributed by atoms with Crippen molar-refractivity contribution < 1.29 is 19.1 Å². The number of hydrogen-bond acceptors (Lipinski definition) is 4. The van der Waals surface area contributed by atoms with Crippen LogP contribution in [-0.4, -0.2) is 48.9 Å². The fourth-order valence-electron chi connectivity index (χ4n) is 2.63. The lowest BCUT2D eigenvalue weighted by atomic mass is 9.91. The van der Waals surface area contributed by atoms with E-state index in [1.807, 2.05) is 20.8 Å². The van der Waals surface area contributed by atoms with Crippen molar-refractivity contribution in [2.75, 3.05) is 25.5 Å². The van der Waals surface area contributed by atoms with Gasteiger partial charge in [0.2, 0.25) is 17.7 Å². The molecule has 1 aromatic carbocycles. The molecular formula is C20H29N3O4. The Morgan fingerprint density at radius 3 is 2.26 bits per heavy atom. The van der Waals surface area contributed by atoms with E-state index in [0.717, 1.165) is 12.8 Å². The van der Waals surface area contributed by atoms with Crippen molar-refractivity contribution in [1.29, 1.82) is 0 Å². The Labute approximate surface area is 160 Å². The molecule has 7 nitrogen and oxygen atoms in total. The number of nitrogens with one attached hydrogen (secondary N) is 2. The van der Waals surface area contributed by atoms with Gasteiger partial charge in [-0.25, -0.2) is 0 Å². The lowest BCUT2D eigenvalue weighted by Crippen LogP contribution is -2.44. The van der Waals surface area contributed by atoms with E-state index in [-0.39, 0.29) is 42.3 Å². The number of benzene rings is 1. The maximum atomic E-state index is 12.5. The van der Waals surface area contributed by atoms with Crippen LogP contribution in [0.1, 0.15) is 40.0 Å². The molecular weight excluding hydrogens is 346 g/mol. The van der Waals surface area contributed by atoms with Crippen LogP contribution in [0.15, 0.2) is 24.3 Å². The topological polar surface area (TPSA) is 87.7 Å². The van der Waals surface area contributed by atoms with Crippen LogP contribution >= 0.6 is 0 Å². The molecule has 0 aliphatic heterocycles. The van der Waals surface area contributed by atoms with Crippen LogP contribution < -0.4 is 15.4 Å². The lowest BCUT2D eigenvalue weighted by molar-refractivity contribution is -0.138. The third-order valence-corrected chi connectivity index (χ3v) is 4.12. The van der Waals surface area contributed by atoms with Crippen LogP contribution in [0, 0.1) is 5.41 Å². The summed E-state index contributed by atoms with van der Waals surface area (Å²) in [6, 6.07) is 7.07. The Hall–Kier alpha value is -2.57. The van der Waals surface area contributed by atoms with Gasteiger partial charge in [0, 0.05) is 18.2 Å². The molecule has 0 saturated heterocycles. The summed E-state index contributed by atoms with van der Waals surface area (Å²) in [5, 5.41) is 5.29. The van der Waals surface area contributed by atoms with Gasteiger partial charge in [-0.15, -0.1) is 0 Å². The molecule has 1 fully saturated rings. The highest BCUT2D eigenvalue weighted by atomic mass is 16.5. The van der Waals surface area contributed by atoms with Gasteiger partial charge in [0.05, 0.1) is 20.2 Å². The Morgan fingerprint density at radius 2 is 1.74 bits per heavy atom. The van der Waals surface area contributed by atoms with Crippen molar-refractivity contribution in [3.8, 4) is 5.75 Å². The van der Waals surface area contributed by atoms with Gasteiger partial charge in [-0.3, -0.25) is 14.4 Å². The molecule has 0 heterocycles. The predicted octanol–water partition coefficient (Wildman–Crippen LogP) is 2.18. The van der Waals surface area contributed by atoms with E-state index in [9.17, 15) is 14.4 Å². The van der Waals surface area contributed by atoms with Crippen molar-refractivity contribution in [2.24, 2.45) is 5.41 Å². The van der Waals surface area contributed by atoms with E-state index in [1.54, 1.807) is 36.3 Å². The lowest BCUT2D eigenvalue weighted by Gasteiger charge is -2.26. The number of carbonyl (C=O) groups is 3. The third-order valence-electron chi connectivity index (χ3n) is 4.12. The molecule has 0 bridgehead atoms. The molecule has 1 aliphatic rings. The van der Waals surface area contributed by atoms with Gasteiger partial charge in [0.15, 0.2) is 0 Å². The summed E-state index contributed by atoms with van der Waals surface area (Å²) in [6.07, 6.45) is 2.26. The first-order valence-corrected chi connectivity index (χ1v) is 9.18. The average Bonchev–Trinajstić information content (AvgIpc) is 3.42. The summed E-state index contributed by atoms with van der Waals surface area (Å²) in [5.41, 5.74) is 0.494. The van der Waals surface area contributed by atoms with Gasteiger partial charge in [-0.05, 0) is 42.5 Å². The van der Waals surface area contributed by atoms with Crippen LogP contribution in [0.25, 0.3) is 0 Å². The number of carbonyl (C=O) groups excluding carboxylic acids is 3. The van der Waals surface area contributed by atoms with Gasteiger partial charge in [0.1, 0.15) is 5.75 Å². The van der Waals surface area contributed by atoms with E-state index in [2.05, 4.69) is 10.6 Å². The number of nitrogens with zero attached hydrogens (tertiary/aromatic N) is 1. The highest BCUT2D eigenvalue weighted by Crippen LogP contribution is 2.29. The first-order valence-electron chi connectivity index (χ1n) is 9.18. The Kier molecular flexibility index (Phi) is 6.82. The van der Waals surface area contributed by atoms with Crippen LogP contribution in [0.3, 0.4) is 0 Å². The molecule has 0 unspecified atom stereocenters. The largest absolute Gasteiger partial charge is 0.497 e. The van der Waals surface area contributed by atoms with Crippen molar-refractivity contribution in [3.63, 3.8) is 0 Å². The predicted molar refractivity (Wildman–Crippen MR) is 103 cm³/mol. The first kappa shape index (κ1) is 20.7. The van der Waals surface area contributed by atoms with Gasteiger partial charge >= 0.3 is 0 Å². The highest BCUT2D eigenvalue weighted by molar-refractivity contribution is 5.95. The molecule has 0 atom stereocenters. The second-order valence-corrected chi connectivity index (χ2v) is 8.04. The summed E-state index contributed by atoms with van der Waals surface area (Å²) in [5.74, 6) is 0.0331. The van der Waals surface area contributed by atoms with Gasteiger partial charge in [-0.1, -0.05) is 20.8 Å². The van der Waals surface area contributed by atoms with E-state index < -0.39 is 0 Å². The summed E-state index contributed by atoms with van der Waals surface area (Å²) < 4.78 is 5.06. The molecule has 2 N–H and O–H groups in total. The molecule has 7 heteroatoms. The summed E-state index contributed by atoms with van der Waals surface area (Å²) in [6.45, 7) is 5.85. The molecule has 1 aromatic rings. The molecule has 1 saturated carbocycles. The van der Waals surface area contributed by atoms with Gasteiger partial charge < -0.3 is 20.3 Å². The minimum Gasteiger partial charge on any atom is -0.497 e. The maximum Gasteiger partial charge on any atom is 0.243 e. The van der Waals surface area contributed by atoms with Crippen molar-refractivity contribution in [1.82, 2.24) is 10.2 Å². The number of methoxy groups -OCH3 is 1. The van der Waals surface area contributed by atoms with Crippen LogP contribution in [0.2, 0.25) is 0 Å². The summed E-state index contributed by atoms with van der Waals surface area (Å²) in [4.78, 5) is 38.3. The molecule has 0 radical (unpaired) electrons. The zero-order chi connectivity index (χ0) is 20.0. The SMILES string of the molecule is COc1ccc(NC(=O)CNC(=O)CN(C(=O)CC(C)(C)C)C2CC2)cc1. The average molecular weight is 375 g/mol. The van der Waals surface area contributed by atoms with Crippen LogP contribution in [0.5, 0.6) is 5.75 Å². The fourth-order valence-corrected chi connectivity index (χ4v) is 2.63. The first-order chi connectivity index (χ1) is 12.7. The summed E-state index contributed by atoms with van der Waals surface area (Å²) in [7, 11) is 1.57. The molecule has 0 spiro atoms. The molecule has 27 heavy (non-hydrogen) atoms. The number of rotatable bonds is 8. The quantitative estimate of drug-likeness (QED) is 0.729. The Balaban J connectivity index is 1.79. The maximum absolute atomic E-state index is 12.5. The molecule has 1 aliphatic carbocycles. The number of ether oxygens (including phenoxy) is 1. The smallest absolute Gasteiger partial charge is 0.243 e. The molecule has 3 amide bonds. The van der Waals surface area contributed by atoms with Crippen molar-refractivity contribution in [3.05, 3.63) is 24.3 Å². The number of amides is 3. The minimum atomic E-state index is -0.326. The number of hydrogen-bond donors (Lipinski definition) is 2. The number of anilines is 1. The molecule has 148 valence electrons. The van der Waals surface area contributed by atoms with E-state index in [1.165, 1.54) is 0 Å². The third kappa shape index (κ3) is 7.29. The fraction of sp³-hybridized carbons (Fsp3) is 0.550. The Bertz CT molecular complexity index is 675. The van der Waals surface area contributed by atoms with E-state index in [0.29, 0.717) is 17.9 Å². The van der Waals surface area contributed by atoms with Gasteiger partial charge in [-0.2, -0.15) is 0 Å². The molecule has 0 aromatic heterocycles. The zero-order valence-electron chi connectivity index (χ0n) is 16.5.